The van der Waals surface area contributed by atoms with Gasteiger partial charge in [-0.2, -0.15) is 0 Å². The van der Waals surface area contributed by atoms with Crippen LogP contribution in [0.15, 0.2) is 42.5 Å². The Morgan fingerprint density at radius 1 is 0.950 bits per heavy atom. The fraction of sp³-hybridized carbons (Fsp3) is 0.483. The van der Waals surface area contributed by atoms with E-state index < -0.39 is 11.7 Å². The molecule has 3 heterocycles. The van der Waals surface area contributed by atoms with E-state index in [0.717, 1.165) is 36.2 Å². The number of fused-ring (bicyclic) bond motifs is 1. The summed E-state index contributed by atoms with van der Waals surface area (Å²) in [6, 6.07) is 12.4. The van der Waals surface area contributed by atoms with Crippen LogP contribution in [0.4, 0.5) is 0 Å². The summed E-state index contributed by atoms with van der Waals surface area (Å²) in [7, 11) is 0. The van der Waals surface area contributed by atoms with Gasteiger partial charge in [-0.15, -0.1) is 4.99 Å². The van der Waals surface area contributed by atoms with E-state index in [-0.39, 0.29) is 17.9 Å². The van der Waals surface area contributed by atoms with E-state index in [4.69, 9.17) is 9.88 Å². The molecule has 3 aliphatic rings. The Morgan fingerprint density at radius 3 is 2.38 bits per heavy atom. The molecule has 2 aromatic rings. The normalized spacial score (nSPS) is 18.2. The van der Waals surface area contributed by atoms with Crippen molar-refractivity contribution in [2.45, 2.75) is 65.0 Å². The zero-order valence-corrected chi connectivity index (χ0v) is 23.5. The number of nitrogens with zero attached hydrogens (tertiary/aromatic N) is 2. The average Bonchev–Trinajstić information content (AvgIpc) is 3.24. The van der Waals surface area contributed by atoms with Gasteiger partial charge in [0.05, 0.1) is 13.2 Å². The molecule has 0 bridgehead atoms. The third kappa shape index (κ3) is 7.94. The maximum Gasteiger partial charge on any atom is 0.292 e. The summed E-state index contributed by atoms with van der Waals surface area (Å²) in [6.07, 6.45) is 4.79. The molecule has 2 fully saturated rings. The average molecular weight is 553 g/mol. The standard InChI is InChI=1S/C24H28N4O5.C5H12N2/c1-24(2,3)19-8-6-17(7-9-19)21(29)22(30)25-14-16-5-10-20-18(13-16)15-27(23(20)31)28-26-11-4-12-32-33-28;1-2-4-6-7-5-3-1/h5-10,13,26H,4,11-12,14-15H2,1-3H3,(H,25,30);6-7H,1-5H2. The Kier molecular flexibility index (Phi) is 10.4. The summed E-state index contributed by atoms with van der Waals surface area (Å²) in [5.41, 5.74) is 12.7. The molecular weight excluding hydrogens is 512 g/mol. The second-order valence-electron chi connectivity index (χ2n) is 11.0. The van der Waals surface area contributed by atoms with Crippen LogP contribution in [0.5, 0.6) is 0 Å². The van der Waals surface area contributed by atoms with Gasteiger partial charge in [0.15, 0.2) is 0 Å². The lowest BCUT2D eigenvalue weighted by molar-refractivity contribution is -0.479. The fourth-order valence-corrected chi connectivity index (χ4v) is 4.46. The topological polar surface area (TPSA) is 124 Å². The summed E-state index contributed by atoms with van der Waals surface area (Å²) in [4.78, 5) is 47.8. The smallest absolute Gasteiger partial charge is 0.292 e. The van der Waals surface area contributed by atoms with E-state index in [0.29, 0.717) is 30.8 Å². The van der Waals surface area contributed by atoms with Gasteiger partial charge < -0.3 is 5.32 Å². The maximum absolute atomic E-state index is 12.7. The number of rotatable bonds is 5. The van der Waals surface area contributed by atoms with Gasteiger partial charge in [-0.3, -0.25) is 25.2 Å². The molecule has 5 rings (SSSR count). The highest BCUT2D eigenvalue weighted by molar-refractivity contribution is 6.42. The SMILES string of the molecule is C1CCNNCC1.CC(C)(C)c1ccc(C(=O)C(=O)NCc2ccc3c(c2)CN(N2NCCCOO2)C3=O)cc1. The van der Waals surface area contributed by atoms with Gasteiger partial charge in [0.25, 0.3) is 11.8 Å². The van der Waals surface area contributed by atoms with Crippen LogP contribution < -0.4 is 21.6 Å². The molecule has 0 radical (unpaired) electrons. The highest BCUT2D eigenvalue weighted by Gasteiger charge is 2.34. The number of carbonyl (C=O) groups excluding carboxylic acids is 3. The Hall–Kier alpha value is -3.19. The zero-order valence-electron chi connectivity index (χ0n) is 23.5. The molecule has 0 spiro atoms. The third-order valence-corrected chi connectivity index (χ3v) is 6.85. The Balaban J connectivity index is 0.000000461. The highest BCUT2D eigenvalue weighted by atomic mass is 17.3. The summed E-state index contributed by atoms with van der Waals surface area (Å²) in [6.45, 7) is 10.1. The number of nitrogens with one attached hydrogen (secondary N) is 4. The predicted molar refractivity (Wildman–Crippen MR) is 149 cm³/mol. The van der Waals surface area contributed by atoms with Gasteiger partial charge in [-0.25, -0.2) is 15.3 Å². The van der Waals surface area contributed by atoms with E-state index in [1.54, 1.807) is 24.3 Å². The van der Waals surface area contributed by atoms with Crippen LogP contribution >= 0.6 is 0 Å². The molecule has 0 aromatic heterocycles. The van der Waals surface area contributed by atoms with Crippen molar-refractivity contribution in [1.29, 1.82) is 0 Å². The van der Waals surface area contributed by atoms with Crippen LogP contribution in [0, 0.1) is 0 Å². The number of Topliss-reactive ketones (excluding diaryl/α,β-unsaturated/α-hetero) is 1. The number of ketones is 1. The number of hydrogen-bond acceptors (Lipinski definition) is 9. The van der Waals surface area contributed by atoms with Crippen molar-refractivity contribution in [2.24, 2.45) is 0 Å². The number of amides is 2. The van der Waals surface area contributed by atoms with E-state index in [9.17, 15) is 14.4 Å². The Morgan fingerprint density at radius 2 is 1.68 bits per heavy atom. The van der Waals surface area contributed by atoms with Crippen molar-refractivity contribution in [3.63, 3.8) is 0 Å². The van der Waals surface area contributed by atoms with Gasteiger partial charge in [0.2, 0.25) is 5.78 Å². The molecular formula is C29H40N6O5. The minimum absolute atomic E-state index is 0.0310. The summed E-state index contributed by atoms with van der Waals surface area (Å²) < 4.78 is 0. The van der Waals surface area contributed by atoms with Crippen LogP contribution in [0.1, 0.15) is 83.9 Å². The maximum atomic E-state index is 12.7. The zero-order chi connectivity index (χ0) is 28.5. The molecule has 2 amide bonds. The van der Waals surface area contributed by atoms with Crippen LogP contribution in [-0.4, -0.2) is 54.1 Å². The monoisotopic (exact) mass is 552 g/mol. The quantitative estimate of drug-likeness (QED) is 0.252. The number of benzene rings is 2. The van der Waals surface area contributed by atoms with E-state index >= 15 is 0 Å². The molecule has 40 heavy (non-hydrogen) atoms. The second kappa shape index (κ2) is 13.9. The van der Waals surface area contributed by atoms with Gasteiger partial charge in [-0.1, -0.05) is 63.6 Å². The van der Waals surface area contributed by atoms with Crippen molar-refractivity contribution in [2.75, 3.05) is 26.2 Å². The first kappa shape index (κ1) is 29.8. The minimum Gasteiger partial charge on any atom is -0.345 e. The molecule has 216 valence electrons. The summed E-state index contributed by atoms with van der Waals surface area (Å²) in [5.74, 6) is -1.47. The third-order valence-electron chi connectivity index (χ3n) is 6.85. The number of hydrogen-bond donors (Lipinski definition) is 4. The molecule has 0 saturated carbocycles. The molecule has 3 aliphatic heterocycles. The molecule has 4 N–H and O–H groups in total. The van der Waals surface area contributed by atoms with Crippen molar-refractivity contribution in [3.8, 4) is 0 Å². The largest absolute Gasteiger partial charge is 0.345 e. The highest BCUT2D eigenvalue weighted by Crippen LogP contribution is 2.26. The fourth-order valence-electron chi connectivity index (χ4n) is 4.46. The van der Waals surface area contributed by atoms with Crippen LogP contribution in [0.25, 0.3) is 0 Å². The summed E-state index contributed by atoms with van der Waals surface area (Å²) >= 11 is 0. The van der Waals surface area contributed by atoms with Gasteiger partial charge in [0, 0.05) is 42.6 Å². The molecule has 0 aliphatic carbocycles. The lowest BCUT2D eigenvalue weighted by atomic mass is 9.86. The van der Waals surface area contributed by atoms with Crippen LogP contribution in [0.3, 0.4) is 0 Å². The van der Waals surface area contributed by atoms with E-state index in [2.05, 4.69) is 42.4 Å². The Bertz CT molecular complexity index is 1150. The van der Waals surface area contributed by atoms with Crippen molar-refractivity contribution < 1.29 is 24.3 Å². The van der Waals surface area contributed by atoms with Crippen molar-refractivity contribution >= 4 is 17.6 Å². The van der Waals surface area contributed by atoms with E-state index in [1.165, 1.54) is 29.6 Å². The first-order chi connectivity index (χ1) is 19.2. The van der Waals surface area contributed by atoms with Crippen LogP contribution in [-0.2, 0) is 33.2 Å². The van der Waals surface area contributed by atoms with E-state index in [1.807, 2.05) is 18.2 Å². The van der Waals surface area contributed by atoms with Gasteiger partial charge in [0.1, 0.15) is 0 Å². The molecule has 11 heteroatoms. The predicted octanol–water partition coefficient (Wildman–Crippen LogP) is 2.69. The molecule has 2 aromatic carbocycles. The minimum atomic E-state index is -0.670. The second-order valence-corrected chi connectivity index (χ2v) is 11.0. The lowest BCUT2D eigenvalue weighted by Crippen LogP contribution is -2.50. The lowest BCUT2D eigenvalue weighted by Gasteiger charge is -2.26. The van der Waals surface area contributed by atoms with Crippen molar-refractivity contribution in [3.05, 3.63) is 70.3 Å². The number of carbonyl (C=O) groups is 3. The Labute approximate surface area is 235 Å². The molecule has 0 atom stereocenters. The molecule has 0 unspecified atom stereocenters. The first-order valence-corrected chi connectivity index (χ1v) is 13.9. The van der Waals surface area contributed by atoms with Gasteiger partial charge >= 0.3 is 0 Å². The van der Waals surface area contributed by atoms with Gasteiger partial charge in [-0.05, 0) is 47.4 Å². The molecule has 2 saturated heterocycles. The van der Waals surface area contributed by atoms with Crippen molar-refractivity contribution in [1.82, 2.24) is 31.9 Å². The number of hydrazine groups is 3. The summed E-state index contributed by atoms with van der Waals surface area (Å²) in [5, 5.41) is 5.29. The first-order valence-electron chi connectivity index (χ1n) is 13.9. The molecule has 11 nitrogen and oxygen atoms in total. The van der Waals surface area contributed by atoms with Crippen LogP contribution in [0.2, 0.25) is 0 Å².